The van der Waals surface area contributed by atoms with E-state index in [0.29, 0.717) is 19.5 Å². The van der Waals surface area contributed by atoms with Gasteiger partial charge < -0.3 is 16.0 Å². The van der Waals surface area contributed by atoms with Crippen molar-refractivity contribution in [1.29, 1.82) is 0 Å². The van der Waals surface area contributed by atoms with Gasteiger partial charge in [0.05, 0.1) is 5.56 Å². The highest BCUT2D eigenvalue weighted by atomic mass is 19.4. The molecule has 2 aromatic rings. The average molecular weight is 422 g/mol. The fraction of sp³-hybridized carbons (Fsp3) is 0.368. The SMILES string of the molecule is CCCCN(C(=O)c1cnc(N2CCNC2=O)nc1N)c1cccc(C(F)(F)F)c1. The summed E-state index contributed by atoms with van der Waals surface area (Å²) in [6.07, 6.45) is -2.03. The molecule has 1 aromatic carbocycles. The Balaban J connectivity index is 1.93. The predicted octanol–water partition coefficient (Wildman–Crippen LogP) is 3.05. The Bertz CT molecular complexity index is 950. The highest BCUT2D eigenvalue weighted by Gasteiger charge is 2.32. The minimum Gasteiger partial charge on any atom is -0.383 e. The van der Waals surface area contributed by atoms with Gasteiger partial charge in [0.25, 0.3) is 5.91 Å². The first kappa shape index (κ1) is 21.3. The van der Waals surface area contributed by atoms with Crippen LogP contribution in [0.5, 0.6) is 0 Å². The zero-order valence-electron chi connectivity index (χ0n) is 16.2. The second-order valence-electron chi connectivity index (χ2n) is 6.71. The molecule has 0 saturated carbocycles. The van der Waals surface area contributed by atoms with Crippen molar-refractivity contribution in [2.24, 2.45) is 0 Å². The van der Waals surface area contributed by atoms with E-state index in [1.165, 1.54) is 28.1 Å². The summed E-state index contributed by atoms with van der Waals surface area (Å²) in [7, 11) is 0. The van der Waals surface area contributed by atoms with E-state index >= 15 is 0 Å². The van der Waals surface area contributed by atoms with E-state index in [-0.39, 0.29) is 35.6 Å². The van der Waals surface area contributed by atoms with Crippen LogP contribution in [0.1, 0.15) is 35.7 Å². The molecule has 30 heavy (non-hydrogen) atoms. The number of carbonyl (C=O) groups is 2. The largest absolute Gasteiger partial charge is 0.416 e. The van der Waals surface area contributed by atoms with Gasteiger partial charge in [0.2, 0.25) is 5.95 Å². The van der Waals surface area contributed by atoms with Gasteiger partial charge in [-0.25, -0.2) is 9.78 Å². The minimum atomic E-state index is -4.53. The van der Waals surface area contributed by atoms with Gasteiger partial charge in [-0.3, -0.25) is 9.69 Å². The van der Waals surface area contributed by atoms with Crippen LogP contribution in [0.3, 0.4) is 0 Å². The smallest absolute Gasteiger partial charge is 0.383 e. The van der Waals surface area contributed by atoms with E-state index in [4.69, 9.17) is 5.73 Å². The number of nitrogens with two attached hydrogens (primary N) is 1. The standard InChI is InChI=1S/C19H21F3N6O2/c1-2-3-8-27(13-6-4-5-12(10-13)19(20,21)22)16(29)14-11-25-17(26-15(14)23)28-9-7-24-18(28)30/h4-6,10-11H,2-3,7-9H2,1H3,(H,24,30)(H2,23,25,26). The molecule has 8 nitrogen and oxygen atoms in total. The maximum absolute atomic E-state index is 13.1. The summed E-state index contributed by atoms with van der Waals surface area (Å²) in [6, 6.07) is 4.18. The maximum Gasteiger partial charge on any atom is 0.416 e. The van der Waals surface area contributed by atoms with E-state index in [1.54, 1.807) is 0 Å². The number of urea groups is 1. The summed E-state index contributed by atoms with van der Waals surface area (Å²) in [5.74, 6) is -0.714. The molecule has 1 saturated heterocycles. The molecule has 0 radical (unpaired) electrons. The molecule has 3 rings (SSSR count). The molecule has 1 aliphatic heterocycles. The van der Waals surface area contributed by atoms with Crippen LogP contribution in [-0.4, -0.2) is 41.5 Å². The summed E-state index contributed by atoms with van der Waals surface area (Å²) in [5.41, 5.74) is 5.14. The highest BCUT2D eigenvalue weighted by molar-refractivity contribution is 6.08. The monoisotopic (exact) mass is 422 g/mol. The molecule has 0 atom stereocenters. The molecule has 11 heteroatoms. The average Bonchev–Trinajstić information content (AvgIpc) is 3.13. The van der Waals surface area contributed by atoms with Gasteiger partial charge >= 0.3 is 12.2 Å². The van der Waals surface area contributed by atoms with Crippen molar-refractivity contribution in [3.05, 3.63) is 41.6 Å². The quantitative estimate of drug-likeness (QED) is 0.745. The topological polar surface area (TPSA) is 104 Å². The third kappa shape index (κ3) is 4.44. The molecule has 2 heterocycles. The third-order valence-corrected chi connectivity index (χ3v) is 4.60. The van der Waals surface area contributed by atoms with Crippen LogP contribution in [0.2, 0.25) is 0 Å². The molecule has 0 aliphatic carbocycles. The second-order valence-corrected chi connectivity index (χ2v) is 6.71. The number of alkyl halides is 3. The second kappa shape index (κ2) is 8.56. The van der Waals surface area contributed by atoms with Crippen molar-refractivity contribution in [2.75, 3.05) is 35.2 Å². The molecule has 3 N–H and O–H groups in total. The van der Waals surface area contributed by atoms with Crippen LogP contribution in [0.15, 0.2) is 30.5 Å². The Kier molecular flexibility index (Phi) is 6.09. The first-order chi connectivity index (χ1) is 14.2. The van der Waals surface area contributed by atoms with E-state index in [9.17, 15) is 22.8 Å². The third-order valence-electron chi connectivity index (χ3n) is 4.60. The number of nitrogen functional groups attached to an aromatic ring is 1. The lowest BCUT2D eigenvalue weighted by molar-refractivity contribution is -0.137. The van der Waals surface area contributed by atoms with Gasteiger partial charge in [-0.1, -0.05) is 19.4 Å². The molecule has 1 aromatic heterocycles. The summed E-state index contributed by atoms with van der Waals surface area (Å²) >= 11 is 0. The fourth-order valence-corrected chi connectivity index (χ4v) is 3.00. The first-order valence-corrected chi connectivity index (χ1v) is 9.39. The number of anilines is 3. The van der Waals surface area contributed by atoms with Crippen molar-refractivity contribution < 1.29 is 22.8 Å². The molecular formula is C19H21F3N6O2. The normalized spacial score (nSPS) is 14.0. The Morgan fingerprint density at radius 2 is 2.13 bits per heavy atom. The predicted molar refractivity (Wildman–Crippen MR) is 105 cm³/mol. The van der Waals surface area contributed by atoms with Crippen molar-refractivity contribution in [3.63, 3.8) is 0 Å². The van der Waals surface area contributed by atoms with Gasteiger partial charge in [-0.05, 0) is 24.6 Å². The number of hydrogen-bond donors (Lipinski definition) is 2. The van der Waals surface area contributed by atoms with Crippen LogP contribution in [-0.2, 0) is 6.18 Å². The number of nitrogens with one attached hydrogen (secondary N) is 1. The lowest BCUT2D eigenvalue weighted by Gasteiger charge is -2.24. The summed E-state index contributed by atoms with van der Waals surface area (Å²) in [5, 5.41) is 2.60. The van der Waals surface area contributed by atoms with Gasteiger partial charge in [0, 0.05) is 31.5 Å². The fourth-order valence-electron chi connectivity index (χ4n) is 3.00. The lowest BCUT2D eigenvalue weighted by Crippen LogP contribution is -2.34. The molecule has 1 fully saturated rings. The number of hydrogen-bond acceptors (Lipinski definition) is 5. The Labute approximate surface area is 170 Å². The van der Waals surface area contributed by atoms with E-state index < -0.39 is 17.6 Å². The van der Waals surface area contributed by atoms with Crippen molar-refractivity contribution in [3.8, 4) is 0 Å². The van der Waals surface area contributed by atoms with Crippen LogP contribution in [0.4, 0.5) is 35.4 Å². The van der Waals surface area contributed by atoms with Crippen molar-refractivity contribution in [1.82, 2.24) is 15.3 Å². The molecule has 0 unspecified atom stereocenters. The molecular weight excluding hydrogens is 401 g/mol. The van der Waals surface area contributed by atoms with E-state index in [0.717, 1.165) is 18.6 Å². The highest BCUT2D eigenvalue weighted by Crippen LogP contribution is 2.32. The molecule has 0 bridgehead atoms. The number of carbonyl (C=O) groups excluding carboxylic acids is 2. The van der Waals surface area contributed by atoms with Gasteiger partial charge in [0.1, 0.15) is 11.4 Å². The van der Waals surface area contributed by atoms with Gasteiger partial charge in [-0.2, -0.15) is 18.2 Å². The lowest BCUT2D eigenvalue weighted by atomic mass is 10.1. The summed E-state index contributed by atoms with van der Waals surface area (Å²) in [6.45, 7) is 2.90. The number of aromatic nitrogens is 2. The Hall–Kier alpha value is -3.37. The van der Waals surface area contributed by atoms with Crippen LogP contribution in [0.25, 0.3) is 0 Å². The number of nitrogens with zero attached hydrogens (tertiary/aromatic N) is 4. The maximum atomic E-state index is 13.1. The first-order valence-electron chi connectivity index (χ1n) is 9.39. The Morgan fingerprint density at radius 1 is 1.37 bits per heavy atom. The number of amides is 3. The summed E-state index contributed by atoms with van der Waals surface area (Å²) in [4.78, 5) is 35.5. The minimum absolute atomic E-state index is 0.0492. The van der Waals surface area contributed by atoms with Gasteiger partial charge in [0.15, 0.2) is 0 Å². The van der Waals surface area contributed by atoms with Crippen LogP contribution in [0, 0.1) is 0 Å². The van der Waals surface area contributed by atoms with Crippen molar-refractivity contribution in [2.45, 2.75) is 25.9 Å². The summed E-state index contributed by atoms with van der Waals surface area (Å²) < 4.78 is 39.3. The van der Waals surface area contributed by atoms with Crippen LogP contribution < -0.4 is 20.9 Å². The Morgan fingerprint density at radius 3 is 2.73 bits per heavy atom. The molecule has 0 spiro atoms. The van der Waals surface area contributed by atoms with Gasteiger partial charge in [-0.15, -0.1) is 0 Å². The zero-order chi connectivity index (χ0) is 21.9. The number of unbranched alkanes of at least 4 members (excludes halogenated alkanes) is 1. The van der Waals surface area contributed by atoms with E-state index in [1.807, 2.05) is 6.92 Å². The van der Waals surface area contributed by atoms with Crippen molar-refractivity contribution >= 4 is 29.4 Å². The molecule has 3 amide bonds. The van der Waals surface area contributed by atoms with E-state index in [2.05, 4.69) is 15.3 Å². The molecule has 160 valence electrons. The molecule has 1 aliphatic rings. The zero-order valence-corrected chi connectivity index (χ0v) is 16.2. The number of benzene rings is 1. The number of rotatable bonds is 6. The van der Waals surface area contributed by atoms with Crippen LogP contribution >= 0.6 is 0 Å². The number of halogens is 3.